The molecule has 0 aliphatic rings. The third-order valence-corrected chi connectivity index (χ3v) is 3.06. The molecule has 0 aliphatic carbocycles. The fourth-order valence-corrected chi connectivity index (χ4v) is 1.82. The highest BCUT2D eigenvalue weighted by atomic mass is 35.5. The number of anilines is 3. The molecule has 0 saturated heterocycles. The second-order valence-corrected chi connectivity index (χ2v) is 4.46. The maximum absolute atomic E-state index is 6.03. The molecule has 2 aromatic carbocycles. The maximum Gasteiger partial charge on any atom is 0.150 e. The summed E-state index contributed by atoms with van der Waals surface area (Å²) in [6.45, 7) is 0. The van der Waals surface area contributed by atoms with Crippen LogP contribution in [0.5, 0.6) is 11.5 Å². The molecule has 0 aliphatic heterocycles. The molecule has 2 aromatic rings. The Labute approximate surface area is 156 Å². The molecule has 0 heterocycles. The number of rotatable bonds is 2. The molecule has 126 valence electrons. The Morgan fingerprint density at radius 2 is 1.36 bits per heavy atom. The van der Waals surface area contributed by atoms with E-state index in [2.05, 4.69) is 0 Å². The van der Waals surface area contributed by atoms with Crippen molar-refractivity contribution < 1.29 is 10.2 Å². The number of nitrogens with two attached hydrogens (primary N) is 3. The van der Waals surface area contributed by atoms with Crippen LogP contribution in [0.3, 0.4) is 0 Å². The van der Waals surface area contributed by atoms with E-state index in [1.54, 1.807) is 30.3 Å². The van der Waals surface area contributed by atoms with Crippen LogP contribution in [0.25, 0.3) is 0 Å². The zero-order valence-corrected chi connectivity index (χ0v) is 15.0. The van der Waals surface area contributed by atoms with Crippen LogP contribution < -0.4 is 21.9 Å². The van der Waals surface area contributed by atoms with Gasteiger partial charge in [0.25, 0.3) is 0 Å². The van der Waals surface area contributed by atoms with Crippen LogP contribution in [0.2, 0.25) is 10.0 Å². The van der Waals surface area contributed by atoms with Gasteiger partial charge in [0, 0.05) is 5.69 Å². The van der Waals surface area contributed by atoms with Crippen LogP contribution in [-0.2, 0) is 0 Å². The predicted octanol–water partition coefficient (Wildman–Crippen LogP) is 3.97. The highest BCUT2D eigenvalue weighted by Crippen LogP contribution is 2.39. The van der Waals surface area contributed by atoms with Gasteiger partial charge in [-0.2, -0.15) is 0 Å². The molecular weight excluding hydrogens is 395 g/mol. The first-order chi connectivity index (χ1) is 8.49. The molecule has 8 N–H and O–H groups in total. The quantitative estimate of drug-likeness (QED) is 0.648. The van der Waals surface area contributed by atoms with Gasteiger partial charge in [0.15, 0.2) is 5.75 Å². The van der Waals surface area contributed by atoms with Gasteiger partial charge in [-0.3, -0.25) is 0 Å². The number of hydrogen-bond donors (Lipinski definition) is 3. The van der Waals surface area contributed by atoms with Gasteiger partial charge < -0.3 is 27.4 Å². The van der Waals surface area contributed by atoms with Gasteiger partial charge in [0.2, 0.25) is 0 Å². The Hall–Kier alpha value is -0.950. The van der Waals surface area contributed by atoms with Gasteiger partial charge >= 0.3 is 0 Å². The van der Waals surface area contributed by atoms with Crippen LogP contribution in [0.4, 0.5) is 17.1 Å². The van der Waals surface area contributed by atoms with Gasteiger partial charge in [-0.05, 0) is 30.3 Å². The van der Waals surface area contributed by atoms with Gasteiger partial charge in [-0.1, -0.05) is 23.2 Å². The highest BCUT2D eigenvalue weighted by molar-refractivity contribution is 6.39. The Morgan fingerprint density at radius 1 is 0.818 bits per heavy atom. The number of ether oxygens (including phenoxy) is 1. The molecule has 22 heavy (non-hydrogen) atoms. The van der Waals surface area contributed by atoms with Crippen molar-refractivity contribution >= 4 is 77.5 Å². The summed E-state index contributed by atoms with van der Waals surface area (Å²) >= 11 is 11.9. The first kappa shape index (κ1) is 26.0. The number of halogens is 5. The van der Waals surface area contributed by atoms with E-state index >= 15 is 0 Å². The van der Waals surface area contributed by atoms with Crippen molar-refractivity contribution in [1.29, 1.82) is 0 Å². The lowest BCUT2D eigenvalue weighted by molar-refractivity contribution is 0.485. The molecule has 5 nitrogen and oxygen atoms in total. The van der Waals surface area contributed by atoms with E-state index in [0.29, 0.717) is 27.9 Å². The first-order valence-electron chi connectivity index (χ1n) is 5.05. The zero-order chi connectivity index (χ0) is 13.3. The van der Waals surface area contributed by atoms with E-state index in [1.165, 1.54) is 0 Å². The second-order valence-electron chi connectivity index (χ2n) is 3.67. The number of benzene rings is 2. The van der Waals surface area contributed by atoms with E-state index in [9.17, 15) is 0 Å². The van der Waals surface area contributed by atoms with Crippen molar-refractivity contribution in [3.05, 3.63) is 40.4 Å². The van der Waals surface area contributed by atoms with Gasteiger partial charge in [-0.15, -0.1) is 37.2 Å². The lowest BCUT2D eigenvalue weighted by atomic mass is 10.2. The average Bonchev–Trinajstić information content (AvgIpc) is 2.33. The number of nitrogen functional groups attached to an aromatic ring is 3. The summed E-state index contributed by atoms with van der Waals surface area (Å²) in [5.74, 6) is 0.836. The lowest BCUT2D eigenvalue weighted by Gasteiger charge is -2.12. The normalized spacial score (nSPS) is 8.45. The Balaban J connectivity index is -0.000000902. The van der Waals surface area contributed by atoms with E-state index < -0.39 is 0 Å². The van der Waals surface area contributed by atoms with Crippen LogP contribution in [0.1, 0.15) is 0 Å². The minimum atomic E-state index is 0. The standard InChI is InChI=1S/C12H11Cl2N3O.3ClH.H2O/c13-7-2-4-10(11(14)12(7)17)18-9-3-1-6(15)5-8(9)16;;;;/h1-5H,15-17H2;3*1H;1H2. The average molecular weight is 412 g/mol. The van der Waals surface area contributed by atoms with Crippen LogP contribution >= 0.6 is 60.4 Å². The Morgan fingerprint density at radius 3 is 1.91 bits per heavy atom. The number of hydrogen-bond acceptors (Lipinski definition) is 4. The van der Waals surface area contributed by atoms with Crippen LogP contribution in [-0.4, -0.2) is 5.48 Å². The minimum absolute atomic E-state index is 0. The molecule has 0 bridgehead atoms. The van der Waals surface area contributed by atoms with Crippen molar-refractivity contribution in [1.82, 2.24) is 0 Å². The summed E-state index contributed by atoms with van der Waals surface area (Å²) in [5, 5.41) is 0.622. The fraction of sp³-hybridized carbons (Fsp3) is 0. The Kier molecular flexibility index (Phi) is 12.7. The molecule has 0 amide bonds. The largest absolute Gasteiger partial charge is 0.454 e. The monoisotopic (exact) mass is 409 g/mol. The molecule has 2 rings (SSSR count). The molecule has 0 fully saturated rings. The topological polar surface area (TPSA) is 119 Å². The van der Waals surface area contributed by atoms with Crippen LogP contribution in [0, 0.1) is 0 Å². The van der Waals surface area contributed by atoms with Crippen molar-refractivity contribution in [3.8, 4) is 11.5 Å². The first-order valence-corrected chi connectivity index (χ1v) is 5.81. The molecule has 0 spiro atoms. The minimum Gasteiger partial charge on any atom is -0.454 e. The smallest absolute Gasteiger partial charge is 0.150 e. The van der Waals surface area contributed by atoms with Crippen molar-refractivity contribution in [2.45, 2.75) is 0 Å². The summed E-state index contributed by atoms with van der Waals surface area (Å²) in [7, 11) is 0. The third-order valence-electron chi connectivity index (χ3n) is 2.34. The summed E-state index contributed by atoms with van der Waals surface area (Å²) in [5.41, 5.74) is 18.3. The summed E-state index contributed by atoms with van der Waals surface area (Å²) in [6, 6.07) is 8.16. The van der Waals surface area contributed by atoms with Gasteiger partial charge in [-0.25, -0.2) is 0 Å². The SMILES string of the molecule is Cl.Cl.Cl.Nc1ccc(Oc2ccc(Cl)c(N)c2Cl)c(N)c1.O. The van der Waals surface area contributed by atoms with E-state index in [4.69, 9.17) is 45.1 Å². The van der Waals surface area contributed by atoms with Crippen molar-refractivity contribution in [2.24, 2.45) is 0 Å². The molecule has 10 heteroatoms. The van der Waals surface area contributed by atoms with Crippen molar-refractivity contribution in [3.63, 3.8) is 0 Å². The van der Waals surface area contributed by atoms with E-state index in [0.717, 1.165) is 0 Å². The summed E-state index contributed by atoms with van der Waals surface area (Å²) in [6.07, 6.45) is 0. The predicted molar refractivity (Wildman–Crippen MR) is 102 cm³/mol. The molecule has 0 unspecified atom stereocenters. The third kappa shape index (κ3) is 5.68. The van der Waals surface area contributed by atoms with Crippen molar-refractivity contribution in [2.75, 3.05) is 17.2 Å². The van der Waals surface area contributed by atoms with Gasteiger partial charge in [0.05, 0.1) is 16.4 Å². The Bertz CT molecular complexity index is 614. The molecule has 0 atom stereocenters. The van der Waals surface area contributed by atoms with Gasteiger partial charge in [0.1, 0.15) is 10.8 Å². The van der Waals surface area contributed by atoms with E-state index in [-0.39, 0.29) is 53.4 Å². The highest BCUT2D eigenvalue weighted by Gasteiger charge is 2.11. The second kappa shape index (κ2) is 10.7. The molecule has 0 saturated carbocycles. The zero-order valence-electron chi connectivity index (χ0n) is 11.0. The van der Waals surface area contributed by atoms with E-state index in [1.807, 2.05) is 0 Å². The molecular formula is C12H16Cl5N3O2. The fourth-order valence-electron chi connectivity index (χ4n) is 1.41. The summed E-state index contributed by atoms with van der Waals surface area (Å²) in [4.78, 5) is 0. The maximum atomic E-state index is 6.03. The molecule has 0 radical (unpaired) electrons. The van der Waals surface area contributed by atoms with Crippen LogP contribution in [0.15, 0.2) is 30.3 Å². The lowest BCUT2D eigenvalue weighted by Crippen LogP contribution is -1.96. The molecule has 0 aromatic heterocycles. The summed E-state index contributed by atoms with van der Waals surface area (Å²) < 4.78 is 5.58.